The second-order valence-corrected chi connectivity index (χ2v) is 3.91. The predicted molar refractivity (Wildman–Crippen MR) is 56.0 cm³/mol. The number of rotatable bonds is 6. The highest BCUT2D eigenvalue weighted by Crippen LogP contribution is 2.18. The van der Waals surface area contributed by atoms with Crippen LogP contribution in [0.5, 0.6) is 0 Å². The molecule has 2 unspecified atom stereocenters. The van der Waals surface area contributed by atoms with Gasteiger partial charge in [0.2, 0.25) is 0 Å². The molecule has 1 heterocycles. The van der Waals surface area contributed by atoms with E-state index in [4.69, 9.17) is 4.74 Å². The summed E-state index contributed by atoms with van der Waals surface area (Å²) in [6.07, 6.45) is 6.83. The number of hydrogen-bond acceptors (Lipinski definition) is 2. The smallest absolute Gasteiger partial charge is 0.0590 e. The topological polar surface area (TPSA) is 21.3 Å². The summed E-state index contributed by atoms with van der Waals surface area (Å²) in [6.45, 7) is 6.49. The van der Waals surface area contributed by atoms with Gasteiger partial charge in [0, 0.05) is 12.6 Å². The minimum absolute atomic E-state index is 0.538. The number of nitrogens with one attached hydrogen (secondary N) is 1. The molecule has 1 N–H and O–H groups in total. The fourth-order valence-corrected chi connectivity index (χ4v) is 2.09. The van der Waals surface area contributed by atoms with Gasteiger partial charge in [-0.05, 0) is 32.2 Å². The molecule has 0 amide bonds. The van der Waals surface area contributed by atoms with Crippen molar-refractivity contribution in [3.05, 3.63) is 0 Å². The fourth-order valence-electron chi connectivity index (χ4n) is 2.09. The minimum atomic E-state index is 0.538. The van der Waals surface area contributed by atoms with Gasteiger partial charge < -0.3 is 10.1 Å². The van der Waals surface area contributed by atoms with Crippen molar-refractivity contribution in [2.24, 2.45) is 0 Å². The Labute approximate surface area is 82.0 Å². The molecule has 2 heteroatoms. The molecular weight excluding hydrogens is 162 g/mol. The molecular formula is C11H23NO. The first-order chi connectivity index (χ1) is 6.36. The molecule has 1 rings (SSSR count). The Morgan fingerprint density at radius 2 is 2.31 bits per heavy atom. The molecule has 0 aliphatic carbocycles. The van der Waals surface area contributed by atoms with Gasteiger partial charge in [0.1, 0.15) is 0 Å². The molecule has 2 atom stereocenters. The van der Waals surface area contributed by atoms with Crippen molar-refractivity contribution in [3.8, 4) is 0 Å². The van der Waals surface area contributed by atoms with E-state index >= 15 is 0 Å². The molecule has 1 fully saturated rings. The van der Waals surface area contributed by atoms with E-state index in [1.165, 1.54) is 32.1 Å². The standard InChI is InChI=1S/C11H23NO/c1-3-6-10(12-4-2)9-11-7-5-8-13-11/h10-12H,3-9H2,1-2H3. The van der Waals surface area contributed by atoms with Crippen molar-refractivity contribution in [1.82, 2.24) is 5.32 Å². The summed E-state index contributed by atoms with van der Waals surface area (Å²) in [4.78, 5) is 0. The lowest BCUT2D eigenvalue weighted by Gasteiger charge is -2.20. The molecule has 0 aromatic carbocycles. The third-order valence-corrected chi connectivity index (χ3v) is 2.70. The van der Waals surface area contributed by atoms with E-state index in [0.29, 0.717) is 12.1 Å². The van der Waals surface area contributed by atoms with E-state index in [2.05, 4.69) is 19.2 Å². The van der Waals surface area contributed by atoms with Crippen LogP contribution in [0.25, 0.3) is 0 Å². The largest absolute Gasteiger partial charge is 0.378 e. The van der Waals surface area contributed by atoms with E-state index in [0.717, 1.165) is 13.2 Å². The number of hydrogen-bond donors (Lipinski definition) is 1. The van der Waals surface area contributed by atoms with Gasteiger partial charge >= 0.3 is 0 Å². The van der Waals surface area contributed by atoms with Crippen molar-refractivity contribution < 1.29 is 4.74 Å². The highest BCUT2D eigenvalue weighted by molar-refractivity contribution is 4.74. The lowest BCUT2D eigenvalue weighted by Crippen LogP contribution is -2.32. The minimum Gasteiger partial charge on any atom is -0.378 e. The Hall–Kier alpha value is -0.0800. The molecule has 0 bridgehead atoms. The third-order valence-electron chi connectivity index (χ3n) is 2.70. The highest BCUT2D eigenvalue weighted by Gasteiger charge is 2.19. The van der Waals surface area contributed by atoms with Gasteiger partial charge in [-0.2, -0.15) is 0 Å². The monoisotopic (exact) mass is 185 g/mol. The van der Waals surface area contributed by atoms with Crippen LogP contribution in [-0.2, 0) is 4.74 Å². The molecule has 2 nitrogen and oxygen atoms in total. The van der Waals surface area contributed by atoms with E-state index in [9.17, 15) is 0 Å². The van der Waals surface area contributed by atoms with Crippen molar-refractivity contribution in [3.63, 3.8) is 0 Å². The first-order valence-corrected chi connectivity index (χ1v) is 5.71. The van der Waals surface area contributed by atoms with Gasteiger partial charge in [-0.3, -0.25) is 0 Å². The summed E-state index contributed by atoms with van der Waals surface area (Å²) in [6, 6.07) is 0.679. The maximum absolute atomic E-state index is 5.64. The van der Waals surface area contributed by atoms with Gasteiger partial charge in [-0.1, -0.05) is 20.3 Å². The van der Waals surface area contributed by atoms with Crippen LogP contribution >= 0.6 is 0 Å². The average molecular weight is 185 g/mol. The molecule has 0 aromatic rings. The van der Waals surface area contributed by atoms with E-state index < -0.39 is 0 Å². The molecule has 1 aliphatic rings. The zero-order valence-corrected chi connectivity index (χ0v) is 9.01. The molecule has 0 radical (unpaired) electrons. The van der Waals surface area contributed by atoms with Crippen LogP contribution in [-0.4, -0.2) is 25.3 Å². The van der Waals surface area contributed by atoms with Crippen LogP contribution in [0.15, 0.2) is 0 Å². The predicted octanol–water partition coefficient (Wildman–Crippen LogP) is 2.33. The molecule has 1 aliphatic heterocycles. The van der Waals surface area contributed by atoms with Crippen LogP contribution in [0.4, 0.5) is 0 Å². The summed E-state index contributed by atoms with van der Waals surface area (Å²) in [7, 11) is 0. The lowest BCUT2D eigenvalue weighted by molar-refractivity contribution is 0.0937. The molecule has 1 saturated heterocycles. The number of ether oxygens (including phenoxy) is 1. The first-order valence-electron chi connectivity index (χ1n) is 5.71. The summed E-state index contributed by atoms with van der Waals surface area (Å²) in [5.41, 5.74) is 0. The fraction of sp³-hybridized carbons (Fsp3) is 1.00. The van der Waals surface area contributed by atoms with Crippen LogP contribution in [0.3, 0.4) is 0 Å². The molecule has 0 saturated carbocycles. The van der Waals surface area contributed by atoms with E-state index in [1.807, 2.05) is 0 Å². The highest BCUT2D eigenvalue weighted by atomic mass is 16.5. The van der Waals surface area contributed by atoms with Gasteiger partial charge in [0.05, 0.1) is 6.10 Å². The van der Waals surface area contributed by atoms with Crippen LogP contribution in [0.2, 0.25) is 0 Å². The zero-order valence-electron chi connectivity index (χ0n) is 9.01. The Kier molecular flexibility index (Phi) is 5.40. The SMILES string of the molecule is CCCC(CC1CCCO1)NCC. The lowest BCUT2D eigenvalue weighted by atomic mass is 10.0. The maximum Gasteiger partial charge on any atom is 0.0590 e. The molecule has 78 valence electrons. The molecule has 13 heavy (non-hydrogen) atoms. The second-order valence-electron chi connectivity index (χ2n) is 3.91. The average Bonchev–Trinajstić information content (AvgIpc) is 2.58. The van der Waals surface area contributed by atoms with Crippen molar-refractivity contribution >= 4 is 0 Å². The van der Waals surface area contributed by atoms with Crippen molar-refractivity contribution in [2.75, 3.05) is 13.2 Å². The summed E-state index contributed by atoms with van der Waals surface area (Å²) < 4.78 is 5.64. The summed E-state index contributed by atoms with van der Waals surface area (Å²) in [5.74, 6) is 0. The van der Waals surface area contributed by atoms with Gasteiger partial charge in [-0.25, -0.2) is 0 Å². The maximum atomic E-state index is 5.64. The van der Waals surface area contributed by atoms with Gasteiger partial charge in [0.15, 0.2) is 0 Å². The van der Waals surface area contributed by atoms with Crippen LogP contribution in [0, 0.1) is 0 Å². The van der Waals surface area contributed by atoms with Crippen LogP contribution in [0.1, 0.15) is 46.0 Å². The second kappa shape index (κ2) is 6.39. The first kappa shape index (κ1) is 11.0. The zero-order chi connectivity index (χ0) is 9.52. The van der Waals surface area contributed by atoms with Gasteiger partial charge in [0.25, 0.3) is 0 Å². The molecule has 0 aromatic heterocycles. The van der Waals surface area contributed by atoms with Crippen molar-refractivity contribution in [1.29, 1.82) is 0 Å². The quantitative estimate of drug-likeness (QED) is 0.686. The molecule has 0 spiro atoms. The Morgan fingerprint density at radius 1 is 1.46 bits per heavy atom. The van der Waals surface area contributed by atoms with Crippen LogP contribution < -0.4 is 5.32 Å². The van der Waals surface area contributed by atoms with E-state index in [-0.39, 0.29) is 0 Å². The van der Waals surface area contributed by atoms with Crippen molar-refractivity contribution in [2.45, 2.75) is 58.1 Å². The third kappa shape index (κ3) is 4.10. The normalized spacial score (nSPS) is 24.9. The Bertz CT molecular complexity index is 115. The summed E-state index contributed by atoms with van der Waals surface area (Å²) >= 11 is 0. The summed E-state index contributed by atoms with van der Waals surface area (Å²) in [5, 5.41) is 3.53. The Balaban J connectivity index is 2.19. The Morgan fingerprint density at radius 3 is 2.85 bits per heavy atom. The van der Waals surface area contributed by atoms with Gasteiger partial charge in [-0.15, -0.1) is 0 Å². The van der Waals surface area contributed by atoms with E-state index in [1.54, 1.807) is 0 Å².